The van der Waals surface area contributed by atoms with Crippen LogP contribution in [0.2, 0.25) is 0 Å². The Kier molecular flexibility index (Phi) is 2.93. The minimum absolute atomic E-state index is 0.0472. The summed E-state index contributed by atoms with van der Waals surface area (Å²) in [6.07, 6.45) is 2.40. The molecule has 66 valence electrons. The number of amides is 3. The van der Waals surface area contributed by atoms with E-state index in [9.17, 15) is 9.59 Å². The molecular weight excluding hydrogens is 160 g/mol. The Balaban J connectivity index is 2.48. The smallest absolute Gasteiger partial charge is 0.347 e. The molecule has 0 bridgehead atoms. The van der Waals surface area contributed by atoms with Crippen molar-refractivity contribution in [1.82, 2.24) is 5.32 Å². The molecule has 1 rings (SSSR count). The third-order valence-corrected chi connectivity index (χ3v) is 1.61. The first-order valence-corrected chi connectivity index (χ1v) is 3.74. The predicted molar refractivity (Wildman–Crippen MR) is 41.8 cm³/mol. The predicted octanol–water partition coefficient (Wildman–Crippen LogP) is -0.304. The minimum atomic E-state index is -0.611. The van der Waals surface area contributed by atoms with Gasteiger partial charge in [0.1, 0.15) is 0 Å². The third-order valence-electron chi connectivity index (χ3n) is 1.61. The lowest BCUT2D eigenvalue weighted by Gasteiger charge is -2.13. The molecule has 0 spiro atoms. The SMILES string of the molecule is O=C1N=CC(CCCO)C(=O)N1. The van der Waals surface area contributed by atoms with Crippen molar-refractivity contribution in [2.45, 2.75) is 12.8 Å². The molecule has 1 unspecified atom stereocenters. The van der Waals surface area contributed by atoms with Gasteiger partial charge in [0, 0.05) is 12.8 Å². The number of hydrogen-bond acceptors (Lipinski definition) is 3. The van der Waals surface area contributed by atoms with Gasteiger partial charge in [0.15, 0.2) is 0 Å². The lowest BCUT2D eigenvalue weighted by Crippen LogP contribution is -2.38. The van der Waals surface area contributed by atoms with E-state index in [0.29, 0.717) is 12.8 Å². The highest BCUT2D eigenvalue weighted by Crippen LogP contribution is 2.06. The van der Waals surface area contributed by atoms with Crippen molar-refractivity contribution in [2.75, 3.05) is 6.61 Å². The Labute approximate surface area is 69.5 Å². The van der Waals surface area contributed by atoms with Crippen LogP contribution >= 0.6 is 0 Å². The van der Waals surface area contributed by atoms with E-state index in [4.69, 9.17) is 5.11 Å². The highest BCUT2D eigenvalue weighted by Gasteiger charge is 2.21. The van der Waals surface area contributed by atoms with E-state index >= 15 is 0 Å². The maximum atomic E-state index is 11.0. The lowest BCUT2D eigenvalue weighted by molar-refractivity contribution is -0.122. The molecule has 1 atom stereocenters. The largest absolute Gasteiger partial charge is 0.396 e. The second kappa shape index (κ2) is 3.96. The molecular formula is C7H10N2O3. The monoisotopic (exact) mass is 170 g/mol. The van der Waals surface area contributed by atoms with E-state index < -0.39 is 6.03 Å². The van der Waals surface area contributed by atoms with Gasteiger partial charge in [-0.2, -0.15) is 0 Å². The number of aliphatic hydroxyl groups is 1. The van der Waals surface area contributed by atoms with Crippen molar-refractivity contribution in [1.29, 1.82) is 0 Å². The van der Waals surface area contributed by atoms with Gasteiger partial charge in [-0.05, 0) is 12.8 Å². The maximum absolute atomic E-state index is 11.0. The molecule has 0 fully saturated rings. The van der Waals surface area contributed by atoms with Crippen LogP contribution in [-0.4, -0.2) is 29.9 Å². The number of carbonyl (C=O) groups excluding carboxylic acids is 2. The van der Waals surface area contributed by atoms with E-state index in [1.807, 2.05) is 0 Å². The zero-order chi connectivity index (χ0) is 8.97. The highest BCUT2D eigenvalue weighted by molar-refractivity contribution is 6.09. The summed E-state index contributed by atoms with van der Waals surface area (Å²) in [7, 11) is 0. The minimum Gasteiger partial charge on any atom is -0.396 e. The molecule has 1 heterocycles. The molecule has 5 heteroatoms. The van der Waals surface area contributed by atoms with Crippen LogP contribution in [0.4, 0.5) is 4.79 Å². The number of nitrogens with one attached hydrogen (secondary N) is 1. The lowest BCUT2D eigenvalue weighted by atomic mass is 10.0. The number of carbonyl (C=O) groups is 2. The molecule has 3 amide bonds. The number of imide groups is 1. The van der Waals surface area contributed by atoms with Gasteiger partial charge in [0.05, 0.1) is 5.92 Å². The van der Waals surface area contributed by atoms with E-state index in [1.165, 1.54) is 6.21 Å². The molecule has 0 saturated carbocycles. The van der Waals surface area contributed by atoms with Gasteiger partial charge in [0.25, 0.3) is 0 Å². The molecule has 0 aromatic heterocycles. The summed E-state index contributed by atoms with van der Waals surface area (Å²) in [6.45, 7) is 0.0472. The maximum Gasteiger partial charge on any atom is 0.347 e. The first kappa shape index (κ1) is 8.86. The van der Waals surface area contributed by atoms with E-state index in [-0.39, 0.29) is 18.4 Å². The summed E-state index contributed by atoms with van der Waals surface area (Å²) in [5, 5.41) is 10.6. The van der Waals surface area contributed by atoms with Crippen molar-refractivity contribution in [3.05, 3.63) is 0 Å². The average molecular weight is 170 g/mol. The van der Waals surface area contributed by atoms with E-state index in [2.05, 4.69) is 10.3 Å². The second-order valence-electron chi connectivity index (χ2n) is 2.54. The van der Waals surface area contributed by atoms with Gasteiger partial charge < -0.3 is 5.11 Å². The van der Waals surface area contributed by atoms with Crippen LogP contribution < -0.4 is 5.32 Å². The summed E-state index contributed by atoms with van der Waals surface area (Å²) in [5.74, 6) is -0.696. The summed E-state index contributed by atoms with van der Waals surface area (Å²) >= 11 is 0. The second-order valence-corrected chi connectivity index (χ2v) is 2.54. The van der Waals surface area contributed by atoms with Gasteiger partial charge in [-0.1, -0.05) is 0 Å². The Hall–Kier alpha value is -1.23. The number of hydrogen-bond donors (Lipinski definition) is 2. The standard InChI is InChI=1S/C7H10N2O3/c10-3-1-2-5-4-8-7(12)9-6(5)11/h4-5,10H,1-3H2,(H,9,11,12). The van der Waals surface area contributed by atoms with Crippen molar-refractivity contribution >= 4 is 18.2 Å². The first-order chi connectivity index (χ1) is 5.74. The van der Waals surface area contributed by atoms with Crippen LogP contribution in [-0.2, 0) is 4.79 Å². The molecule has 5 nitrogen and oxygen atoms in total. The fourth-order valence-corrected chi connectivity index (χ4v) is 0.973. The summed E-state index contributed by atoms with van der Waals surface area (Å²) in [4.78, 5) is 25.0. The van der Waals surface area contributed by atoms with Crippen molar-refractivity contribution in [3.63, 3.8) is 0 Å². The van der Waals surface area contributed by atoms with Crippen molar-refractivity contribution < 1.29 is 14.7 Å². The Morgan fingerprint density at radius 3 is 2.92 bits per heavy atom. The molecule has 0 aliphatic carbocycles. The normalized spacial score (nSPS) is 22.6. The van der Waals surface area contributed by atoms with Crippen molar-refractivity contribution in [2.24, 2.45) is 10.9 Å². The van der Waals surface area contributed by atoms with Crippen LogP contribution in [0.15, 0.2) is 4.99 Å². The summed E-state index contributed by atoms with van der Waals surface area (Å²) in [5.41, 5.74) is 0. The van der Waals surface area contributed by atoms with E-state index in [1.54, 1.807) is 0 Å². The zero-order valence-electron chi connectivity index (χ0n) is 6.49. The van der Waals surface area contributed by atoms with E-state index in [0.717, 1.165) is 0 Å². The van der Waals surface area contributed by atoms with Gasteiger partial charge in [0.2, 0.25) is 5.91 Å². The Bertz CT molecular complexity index is 225. The number of rotatable bonds is 3. The van der Waals surface area contributed by atoms with Crippen LogP contribution in [0, 0.1) is 5.92 Å². The number of aliphatic hydroxyl groups excluding tert-OH is 1. The molecule has 0 saturated heterocycles. The molecule has 1 aliphatic rings. The molecule has 1 aliphatic heterocycles. The fourth-order valence-electron chi connectivity index (χ4n) is 0.973. The van der Waals surface area contributed by atoms with Gasteiger partial charge in [-0.3, -0.25) is 10.1 Å². The molecule has 0 aromatic rings. The fraction of sp³-hybridized carbons (Fsp3) is 0.571. The molecule has 12 heavy (non-hydrogen) atoms. The zero-order valence-corrected chi connectivity index (χ0v) is 6.49. The average Bonchev–Trinajstić information content (AvgIpc) is 2.03. The molecule has 0 radical (unpaired) electrons. The van der Waals surface area contributed by atoms with Gasteiger partial charge in [-0.15, -0.1) is 0 Å². The first-order valence-electron chi connectivity index (χ1n) is 3.74. The van der Waals surface area contributed by atoms with Gasteiger partial charge >= 0.3 is 6.03 Å². The number of aliphatic imine (C=N–C) groups is 1. The third kappa shape index (κ3) is 2.13. The number of nitrogens with zero attached hydrogens (tertiary/aromatic N) is 1. The highest BCUT2D eigenvalue weighted by atomic mass is 16.3. The molecule has 0 aromatic carbocycles. The van der Waals surface area contributed by atoms with Crippen LogP contribution in [0.25, 0.3) is 0 Å². The van der Waals surface area contributed by atoms with Crippen molar-refractivity contribution in [3.8, 4) is 0 Å². The Morgan fingerprint density at radius 2 is 2.33 bits per heavy atom. The van der Waals surface area contributed by atoms with Crippen LogP contribution in [0.1, 0.15) is 12.8 Å². The van der Waals surface area contributed by atoms with Gasteiger partial charge in [-0.25, -0.2) is 9.79 Å². The van der Waals surface area contributed by atoms with Crippen LogP contribution in [0.3, 0.4) is 0 Å². The summed E-state index contributed by atoms with van der Waals surface area (Å²) in [6, 6.07) is -0.611. The van der Waals surface area contributed by atoms with Crippen LogP contribution in [0.5, 0.6) is 0 Å². The quantitative estimate of drug-likeness (QED) is 0.610. The summed E-state index contributed by atoms with van der Waals surface area (Å²) < 4.78 is 0. The molecule has 2 N–H and O–H groups in total. The topological polar surface area (TPSA) is 78.8 Å². The Morgan fingerprint density at radius 1 is 1.58 bits per heavy atom. The number of urea groups is 1.